The molecule has 8 heteroatoms. The number of thioether (sulfide) groups is 1. The molecule has 0 atom stereocenters. The number of hydrogen-bond donors (Lipinski definition) is 1. The van der Waals surface area contributed by atoms with Gasteiger partial charge in [-0.05, 0) is 37.1 Å². The summed E-state index contributed by atoms with van der Waals surface area (Å²) in [7, 11) is 1.67. The van der Waals surface area contributed by atoms with Crippen molar-refractivity contribution in [2.24, 2.45) is 0 Å². The van der Waals surface area contributed by atoms with Crippen LogP contribution in [0.3, 0.4) is 0 Å². The number of benzene rings is 2. The Hall–Kier alpha value is -3.54. The first-order valence-corrected chi connectivity index (χ1v) is 12.0. The lowest BCUT2D eigenvalue weighted by Gasteiger charge is -2.13. The number of amides is 1. The highest BCUT2D eigenvalue weighted by molar-refractivity contribution is 7.99. The molecule has 2 aromatic heterocycles. The van der Waals surface area contributed by atoms with Crippen molar-refractivity contribution in [1.82, 2.24) is 14.1 Å². The molecule has 174 valence electrons. The van der Waals surface area contributed by atoms with E-state index in [0.717, 1.165) is 33.0 Å². The molecule has 0 saturated carbocycles. The minimum absolute atomic E-state index is 0.176. The zero-order valence-corrected chi connectivity index (χ0v) is 20.4. The standard InChI is InChI=1S/C26H27N5O2S/c1-18-19(2)31(16-20-9-5-4-6-10-20)25(21(18)15-27)29-24(32)17-34-26-28-22-11-7-8-12-23(22)30(26)13-14-33-3/h4-12H,13-14,16-17H2,1-3H3,(H,29,32). The molecule has 0 bridgehead atoms. The molecule has 0 saturated heterocycles. The molecule has 0 aliphatic rings. The summed E-state index contributed by atoms with van der Waals surface area (Å²) in [6.07, 6.45) is 0. The third-order valence-electron chi connectivity index (χ3n) is 5.85. The van der Waals surface area contributed by atoms with Crippen LogP contribution < -0.4 is 5.32 Å². The molecular formula is C26H27N5O2S. The second-order valence-corrected chi connectivity index (χ2v) is 8.92. The maximum absolute atomic E-state index is 13.0. The smallest absolute Gasteiger partial charge is 0.235 e. The van der Waals surface area contributed by atoms with E-state index in [9.17, 15) is 10.1 Å². The molecule has 0 unspecified atom stereocenters. The second-order valence-electron chi connectivity index (χ2n) is 7.98. The van der Waals surface area contributed by atoms with Gasteiger partial charge in [-0.1, -0.05) is 54.2 Å². The Bertz CT molecular complexity index is 1350. The molecule has 0 aliphatic heterocycles. The van der Waals surface area contributed by atoms with Gasteiger partial charge in [0.05, 0.1) is 29.0 Å². The topological polar surface area (TPSA) is 84.9 Å². The molecule has 0 spiro atoms. The Morgan fingerprint density at radius 3 is 2.59 bits per heavy atom. The number of imidazole rings is 1. The van der Waals surface area contributed by atoms with Crippen molar-refractivity contribution in [3.63, 3.8) is 0 Å². The molecule has 4 aromatic rings. The molecule has 1 amide bonds. The summed E-state index contributed by atoms with van der Waals surface area (Å²) in [5, 5.41) is 13.5. The Labute approximate surface area is 203 Å². The lowest BCUT2D eigenvalue weighted by atomic mass is 10.2. The predicted molar refractivity (Wildman–Crippen MR) is 135 cm³/mol. The summed E-state index contributed by atoms with van der Waals surface area (Å²) in [5.74, 6) is 0.536. The third-order valence-corrected chi connectivity index (χ3v) is 6.83. The van der Waals surface area contributed by atoms with Crippen LogP contribution in [0.5, 0.6) is 0 Å². The number of carbonyl (C=O) groups excluding carboxylic acids is 1. The first-order valence-electron chi connectivity index (χ1n) is 11.0. The molecule has 1 N–H and O–H groups in total. The lowest BCUT2D eigenvalue weighted by molar-refractivity contribution is -0.113. The molecule has 4 rings (SSSR count). The van der Waals surface area contributed by atoms with Crippen LogP contribution in [0.2, 0.25) is 0 Å². The van der Waals surface area contributed by atoms with Gasteiger partial charge in [-0.25, -0.2) is 4.98 Å². The number of nitriles is 1. The largest absolute Gasteiger partial charge is 0.383 e. The first-order chi connectivity index (χ1) is 16.5. The van der Waals surface area contributed by atoms with E-state index in [2.05, 4.69) is 16.0 Å². The van der Waals surface area contributed by atoms with E-state index in [-0.39, 0.29) is 11.7 Å². The van der Waals surface area contributed by atoms with Crippen molar-refractivity contribution in [3.05, 3.63) is 77.0 Å². The number of fused-ring (bicyclic) bond motifs is 1. The molecule has 0 fully saturated rings. The van der Waals surface area contributed by atoms with Crippen LogP contribution in [-0.2, 0) is 22.6 Å². The maximum atomic E-state index is 13.0. The number of methoxy groups -OCH3 is 1. The summed E-state index contributed by atoms with van der Waals surface area (Å²) < 4.78 is 9.33. The van der Waals surface area contributed by atoms with Gasteiger partial charge in [0, 0.05) is 25.9 Å². The van der Waals surface area contributed by atoms with Crippen molar-refractivity contribution in [1.29, 1.82) is 5.26 Å². The molecule has 0 aliphatic carbocycles. The van der Waals surface area contributed by atoms with Crippen LogP contribution in [0.15, 0.2) is 59.8 Å². The average Bonchev–Trinajstić information content (AvgIpc) is 3.31. The van der Waals surface area contributed by atoms with E-state index in [1.165, 1.54) is 11.8 Å². The van der Waals surface area contributed by atoms with Gasteiger partial charge in [-0.2, -0.15) is 5.26 Å². The first kappa shape index (κ1) is 23.6. The van der Waals surface area contributed by atoms with Gasteiger partial charge in [0.15, 0.2) is 5.16 Å². The second kappa shape index (κ2) is 10.6. The summed E-state index contributed by atoms with van der Waals surface area (Å²) >= 11 is 1.38. The Kier molecular flexibility index (Phi) is 7.36. The fourth-order valence-corrected chi connectivity index (χ4v) is 4.80. The summed E-state index contributed by atoms with van der Waals surface area (Å²) in [6, 6.07) is 20.2. The van der Waals surface area contributed by atoms with Crippen LogP contribution >= 0.6 is 11.8 Å². The minimum Gasteiger partial charge on any atom is -0.383 e. The van der Waals surface area contributed by atoms with Gasteiger partial charge in [0.2, 0.25) is 5.91 Å². The van der Waals surface area contributed by atoms with E-state index >= 15 is 0 Å². The zero-order chi connectivity index (χ0) is 24.1. The number of anilines is 1. The van der Waals surface area contributed by atoms with E-state index < -0.39 is 0 Å². The van der Waals surface area contributed by atoms with Crippen molar-refractivity contribution in [2.45, 2.75) is 32.1 Å². The number of aromatic nitrogens is 3. The zero-order valence-electron chi connectivity index (χ0n) is 19.5. The van der Waals surface area contributed by atoms with E-state index in [1.54, 1.807) is 7.11 Å². The van der Waals surface area contributed by atoms with Gasteiger partial charge >= 0.3 is 0 Å². The minimum atomic E-state index is -0.182. The predicted octanol–water partition coefficient (Wildman–Crippen LogP) is 4.75. The van der Waals surface area contributed by atoms with Crippen LogP contribution in [0.25, 0.3) is 11.0 Å². The number of rotatable bonds is 9. The number of hydrogen-bond acceptors (Lipinski definition) is 5. The number of nitrogens with zero attached hydrogens (tertiary/aromatic N) is 4. The molecule has 34 heavy (non-hydrogen) atoms. The van der Waals surface area contributed by atoms with Gasteiger partial charge in [0.25, 0.3) is 0 Å². The number of ether oxygens (including phenoxy) is 1. The van der Waals surface area contributed by atoms with Gasteiger partial charge in [0.1, 0.15) is 11.9 Å². The summed E-state index contributed by atoms with van der Waals surface area (Å²) in [6.45, 7) is 5.67. The Balaban J connectivity index is 1.55. The van der Waals surface area contributed by atoms with Crippen molar-refractivity contribution in [2.75, 3.05) is 24.8 Å². The summed E-state index contributed by atoms with van der Waals surface area (Å²) in [5.41, 5.74) is 5.34. The van der Waals surface area contributed by atoms with Crippen molar-refractivity contribution >= 4 is 34.5 Å². The fourth-order valence-electron chi connectivity index (χ4n) is 3.95. The van der Waals surface area contributed by atoms with Crippen molar-refractivity contribution < 1.29 is 9.53 Å². The highest BCUT2D eigenvalue weighted by Gasteiger charge is 2.20. The number of nitrogens with one attached hydrogen (secondary N) is 1. The average molecular weight is 474 g/mol. The maximum Gasteiger partial charge on any atom is 0.235 e. The highest BCUT2D eigenvalue weighted by Crippen LogP contribution is 2.28. The summed E-state index contributed by atoms with van der Waals surface area (Å²) in [4.78, 5) is 17.7. The fraction of sp³-hybridized carbons (Fsp3) is 0.269. The van der Waals surface area contributed by atoms with E-state index in [1.807, 2.05) is 73.0 Å². The van der Waals surface area contributed by atoms with Crippen LogP contribution in [0.4, 0.5) is 5.82 Å². The number of carbonyl (C=O) groups is 1. The monoisotopic (exact) mass is 473 g/mol. The quantitative estimate of drug-likeness (QED) is 0.355. The highest BCUT2D eigenvalue weighted by atomic mass is 32.2. The molecule has 0 radical (unpaired) electrons. The molecular weight excluding hydrogens is 446 g/mol. The van der Waals surface area contributed by atoms with Crippen LogP contribution in [0, 0.1) is 25.2 Å². The SMILES string of the molecule is COCCn1c(SCC(=O)Nc2c(C#N)c(C)c(C)n2Cc2ccccc2)nc2ccccc21. The molecule has 2 aromatic carbocycles. The third kappa shape index (κ3) is 4.86. The van der Waals surface area contributed by atoms with E-state index in [4.69, 9.17) is 9.72 Å². The van der Waals surface area contributed by atoms with Crippen LogP contribution in [0.1, 0.15) is 22.4 Å². The Morgan fingerprint density at radius 1 is 1.12 bits per heavy atom. The van der Waals surface area contributed by atoms with Crippen molar-refractivity contribution in [3.8, 4) is 6.07 Å². The molecule has 7 nitrogen and oxygen atoms in total. The number of para-hydroxylation sites is 2. The van der Waals surface area contributed by atoms with Gasteiger partial charge in [-0.3, -0.25) is 4.79 Å². The Morgan fingerprint density at radius 2 is 1.85 bits per heavy atom. The van der Waals surface area contributed by atoms with Gasteiger partial charge < -0.3 is 19.2 Å². The molecule has 2 heterocycles. The van der Waals surface area contributed by atoms with Gasteiger partial charge in [-0.15, -0.1) is 0 Å². The van der Waals surface area contributed by atoms with E-state index in [0.29, 0.717) is 31.1 Å². The van der Waals surface area contributed by atoms with Crippen LogP contribution in [-0.4, -0.2) is 39.5 Å². The normalized spacial score (nSPS) is 11.0. The lowest BCUT2D eigenvalue weighted by Crippen LogP contribution is -2.19.